The van der Waals surface area contributed by atoms with E-state index in [0.29, 0.717) is 12.4 Å². The van der Waals surface area contributed by atoms with Crippen LogP contribution < -0.4 is 4.74 Å². The Morgan fingerprint density at radius 1 is 1.37 bits per heavy atom. The summed E-state index contributed by atoms with van der Waals surface area (Å²) in [6.07, 6.45) is 0.687. The van der Waals surface area contributed by atoms with Crippen LogP contribution in [0.25, 0.3) is 0 Å². The summed E-state index contributed by atoms with van der Waals surface area (Å²) in [6, 6.07) is 6.90. The van der Waals surface area contributed by atoms with Crippen LogP contribution in [-0.2, 0) is 9.53 Å². The van der Waals surface area contributed by atoms with E-state index >= 15 is 0 Å². The first kappa shape index (κ1) is 15.0. The van der Waals surface area contributed by atoms with Crippen LogP contribution in [0.5, 0.6) is 5.75 Å². The molecule has 19 heavy (non-hydrogen) atoms. The summed E-state index contributed by atoms with van der Waals surface area (Å²) < 4.78 is 10.6. The lowest BCUT2D eigenvalue weighted by Gasteiger charge is -2.20. The highest BCUT2D eigenvalue weighted by molar-refractivity contribution is 5.79. The molecule has 5 heteroatoms. The number of nitrogens with zero attached hydrogens (tertiary/aromatic N) is 1. The van der Waals surface area contributed by atoms with Crippen molar-refractivity contribution < 1.29 is 19.5 Å². The fourth-order valence-corrected chi connectivity index (χ4v) is 1.53. The summed E-state index contributed by atoms with van der Waals surface area (Å²) in [5.41, 5.74) is 0.743. The highest BCUT2D eigenvalue weighted by Gasteiger charge is 2.25. The Morgan fingerprint density at radius 2 is 2.00 bits per heavy atom. The van der Waals surface area contributed by atoms with Gasteiger partial charge < -0.3 is 14.7 Å². The number of rotatable bonds is 6. The zero-order valence-corrected chi connectivity index (χ0v) is 11.4. The zero-order chi connectivity index (χ0) is 14.3. The Bertz CT molecular complexity index is 426. The average Bonchev–Trinajstić information content (AvgIpc) is 2.38. The third-order valence-electron chi connectivity index (χ3n) is 2.47. The van der Waals surface area contributed by atoms with Crippen molar-refractivity contribution in [1.29, 1.82) is 0 Å². The Kier molecular flexibility index (Phi) is 5.85. The van der Waals surface area contributed by atoms with Gasteiger partial charge in [-0.05, 0) is 36.8 Å². The van der Waals surface area contributed by atoms with Gasteiger partial charge >= 0.3 is 5.97 Å². The number of carbonyl (C=O) groups excluding carboxylic acids is 1. The highest BCUT2D eigenvalue weighted by Crippen LogP contribution is 2.17. The molecule has 0 saturated heterocycles. The SMILES string of the molecule is CCOC(=O)[C@H](Oc1ccc(/C=N/O)cc1)C(C)C. The maximum absolute atomic E-state index is 11.8. The van der Waals surface area contributed by atoms with E-state index in [1.54, 1.807) is 31.2 Å². The number of oxime groups is 1. The normalized spacial score (nSPS) is 12.6. The van der Waals surface area contributed by atoms with Gasteiger partial charge in [-0.2, -0.15) is 0 Å². The molecule has 0 amide bonds. The fourth-order valence-electron chi connectivity index (χ4n) is 1.53. The Balaban J connectivity index is 2.76. The molecule has 1 rings (SSSR count). The molecule has 0 unspecified atom stereocenters. The van der Waals surface area contributed by atoms with Gasteiger partial charge in [-0.3, -0.25) is 0 Å². The molecule has 5 nitrogen and oxygen atoms in total. The largest absolute Gasteiger partial charge is 0.478 e. The molecule has 1 aromatic rings. The van der Waals surface area contributed by atoms with E-state index in [-0.39, 0.29) is 11.9 Å². The van der Waals surface area contributed by atoms with E-state index in [0.717, 1.165) is 5.56 Å². The first-order valence-electron chi connectivity index (χ1n) is 6.19. The van der Waals surface area contributed by atoms with Gasteiger partial charge in [0.25, 0.3) is 0 Å². The second-order valence-corrected chi connectivity index (χ2v) is 4.35. The summed E-state index contributed by atoms with van der Waals surface area (Å²) in [6.45, 7) is 5.89. The third-order valence-corrected chi connectivity index (χ3v) is 2.47. The maximum atomic E-state index is 11.8. The van der Waals surface area contributed by atoms with Crippen molar-refractivity contribution in [2.24, 2.45) is 11.1 Å². The van der Waals surface area contributed by atoms with Crippen molar-refractivity contribution in [2.45, 2.75) is 26.9 Å². The summed E-state index contributed by atoms with van der Waals surface area (Å²) in [5.74, 6) is 0.220. The molecular formula is C14H19NO4. The highest BCUT2D eigenvalue weighted by atomic mass is 16.6. The van der Waals surface area contributed by atoms with E-state index in [4.69, 9.17) is 14.7 Å². The molecule has 104 valence electrons. The monoisotopic (exact) mass is 265 g/mol. The maximum Gasteiger partial charge on any atom is 0.347 e. The molecular weight excluding hydrogens is 246 g/mol. The predicted octanol–water partition coefficient (Wildman–Crippen LogP) is 2.46. The molecule has 0 saturated carbocycles. The molecule has 1 atom stereocenters. The summed E-state index contributed by atoms with van der Waals surface area (Å²) in [5, 5.41) is 11.4. The van der Waals surface area contributed by atoms with Crippen molar-refractivity contribution >= 4 is 12.2 Å². The van der Waals surface area contributed by atoms with E-state index in [1.807, 2.05) is 13.8 Å². The predicted molar refractivity (Wildman–Crippen MR) is 71.7 cm³/mol. The van der Waals surface area contributed by atoms with E-state index in [1.165, 1.54) is 6.21 Å². The molecule has 0 aliphatic carbocycles. The minimum absolute atomic E-state index is 0.0118. The van der Waals surface area contributed by atoms with Crippen LogP contribution in [0.4, 0.5) is 0 Å². The van der Waals surface area contributed by atoms with Crippen LogP contribution in [0.3, 0.4) is 0 Å². The van der Waals surface area contributed by atoms with Crippen LogP contribution >= 0.6 is 0 Å². The standard InChI is InChI=1S/C14H19NO4/c1-4-18-14(16)13(10(2)3)19-12-7-5-11(6-8-12)9-15-17/h5-10,13,17H,4H2,1-3H3/b15-9+/t13-/m1/s1. The molecule has 0 radical (unpaired) electrons. The van der Waals surface area contributed by atoms with Crippen molar-refractivity contribution in [3.05, 3.63) is 29.8 Å². The second kappa shape index (κ2) is 7.41. The first-order chi connectivity index (χ1) is 9.08. The molecule has 1 N–H and O–H groups in total. The average molecular weight is 265 g/mol. The first-order valence-corrected chi connectivity index (χ1v) is 6.19. The van der Waals surface area contributed by atoms with E-state index in [9.17, 15) is 4.79 Å². The molecule has 0 spiro atoms. The van der Waals surface area contributed by atoms with Gasteiger partial charge in [-0.15, -0.1) is 0 Å². The van der Waals surface area contributed by atoms with Gasteiger partial charge in [0.15, 0.2) is 6.10 Å². The number of hydrogen-bond acceptors (Lipinski definition) is 5. The zero-order valence-electron chi connectivity index (χ0n) is 11.4. The minimum atomic E-state index is -0.627. The van der Waals surface area contributed by atoms with E-state index < -0.39 is 6.10 Å². The van der Waals surface area contributed by atoms with Crippen LogP contribution in [-0.4, -0.2) is 30.1 Å². The lowest BCUT2D eigenvalue weighted by molar-refractivity contribution is -0.153. The Labute approximate surface area is 112 Å². The fraction of sp³-hybridized carbons (Fsp3) is 0.429. The molecule has 0 heterocycles. The smallest absolute Gasteiger partial charge is 0.347 e. The van der Waals surface area contributed by atoms with Crippen LogP contribution in [0.1, 0.15) is 26.3 Å². The van der Waals surface area contributed by atoms with Gasteiger partial charge in [-0.25, -0.2) is 4.79 Å². The van der Waals surface area contributed by atoms with Crippen molar-refractivity contribution in [3.8, 4) is 5.75 Å². The summed E-state index contributed by atoms with van der Waals surface area (Å²) >= 11 is 0. The topological polar surface area (TPSA) is 68.1 Å². The molecule has 0 bridgehead atoms. The van der Waals surface area contributed by atoms with Crippen LogP contribution in [0, 0.1) is 5.92 Å². The van der Waals surface area contributed by atoms with Crippen molar-refractivity contribution in [1.82, 2.24) is 0 Å². The summed E-state index contributed by atoms with van der Waals surface area (Å²) in [7, 11) is 0. The molecule has 0 aliphatic heterocycles. The van der Waals surface area contributed by atoms with Gasteiger partial charge in [-0.1, -0.05) is 19.0 Å². The van der Waals surface area contributed by atoms with E-state index in [2.05, 4.69) is 5.16 Å². The van der Waals surface area contributed by atoms with Crippen LogP contribution in [0.15, 0.2) is 29.4 Å². The Morgan fingerprint density at radius 3 is 2.47 bits per heavy atom. The molecule has 0 fully saturated rings. The quantitative estimate of drug-likeness (QED) is 0.371. The van der Waals surface area contributed by atoms with Crippen molar-refractivity contribution in [3.63, 3.8) is 0 Å². The lowest BCUT2D eigenvalue weighted by Crippen LogP contribution is -2.34. The third kappa shape index (κ3) is 4.62. The second-order valence-electron chi connectivity index (χ2n) is 4.35. The Hall–Kier alpha value is -2.04. The lowest BCUT2D eigenvalue weighted by atomic mass is 10.1. The number of carbonyl (C=O) groups is 1. The molecule has 1 aromatic carbocycles. The van der Waals surface area contributed by atoms with Gasteiger partial charge in [0.2, 0.25) is 0 Å². The van der Waals surface area contributed by atoms with Crippen LogP contribution in [0.2, 0.25) is 0 Å². The van der Waals surface area contributed by atoms with Gasteiger partial charge in [0.1, 0.15) is 5.75 Å². The van der Waals surface area contributed by atoms with Gasteiger partial charge in [0, 0.05) is 5.92 Å². The number of hydrogen-bond donors (Lipinski definition) is 1. The van der Waals surface area contributed by atoms with Crippen molar-refractivity contribution in [2.75, 3.05) is 6.61 Å². The van der Waals surface area contributed by atoms with Gasteiger partial charge in [0.05, 0.1) is 12.8 Å². The number of ether oxygens (including phenoxy) is 2. The number of benzene rings is 1. The number of esters is 1. The summed E-state index contributed by atoms with van der Waals surface area (Å²) in [4.78, 5) is 11.8. The molecule has 0 aliphatic rings. The minimum Gasteiger partial charge on any atom is -0.478 e. The molecule has 0 aromatic heterocycles.